The van der Waals surface area contributed by atoms with Crippen LogP contribution in [0.4, 0.5) is 22.1 Å². The highest BCUT2D eigenvalue weighted by atomic mass is 32.1. The van der Waals surface area contributed by atoms with Crippen LogP contribution < -0.4 is 4.90 Å². The molecular formula is C19H18N4O2S2. The van der Waals surface area contributed by atoms with Gasteiger partial charge in [-0.25, -0.2) is 0 Å². The van der Waals surface area contributed by atoms with Crippen LogP contribution in [0.25, 0.3) is 9.75 Å². The number of hydrogen-bond acceptors (Lipinski definition) is 7. The minimum atomic E-state index is -0.415. The third-order valence-corrected chi connectivity index (χ3v) is 6.69. The lowest BCUT2D eigenvalue weighted by molar-refractivity contribution is -0.384. The van der Waals surface area contributed by atoms with Crippen molar-refractivity contribution in [2.24, 2.45) is 10.2 Å². The summed E-state index contributed by atoms with van der Waals surface area (Å²) in [4.78, 5) is 15.2. The van der Waals surface area contributed by atoms with Crippen molar-refractivity contribution < 1.29 is 4.92 Å². The van der Waals surface area contributed by atoms with Gasteiger partial charge in [0.2, 0.25) is 0 Å². The Morgan fingerprint density at radius 1 is 1.00 bits per heavy atom. The molecule has 4 rings (SSSR count). The van der Waals surface area contributed by atoms with Gasteiger partial charge in [0.05, 0.1) is 10.6 Å². The van der Waals surface area contributed by atoms with Gasteiger partial charge in [-0.2, -0.15) is 5.11 Å². The van der Waals surface area contributed by atoms with Crippen molar-refractivity contribution in [3.05, 3.63) is 58.0 Å². The number of thiophene rings is 2. The quantitative estimate of drug-likeness (QED) is 0.270. The first kappa shape index (κ1) is 17.8. The van der Waals surface area contributed by atoms with E-state index >= 15 is 0 Å². The number of nitrogens with zero attached hydrogens (tertiary/aromatic N) is 4. The predicted octanol–water partition coefficient (Wildman–Crippen LogP) is 6.79. The van der Waals surface area contributed by atoms with E-state index in [4.69, 9.17) is 0 Å². The van der Waals surface area contributed by atoms with Crippen molar-refractivity contribution in [1.82, 2.24) is 0 Å². The zero-order chi connectivity index (χ0) is 18.6. The van der Waals surface area contributed by atoms with Gasteiger partial charge in [0.15, 0.2) is 0 Å². The standard InChI is InChI=1S/C19H18N4O2S2/c24-23(25)15-8-6-14(7-9-15)20-21-16-13-18(17-5-4-12-26-17)27-19(16)22-10-2-1-3-11-22/h4-9,12-13H,1-3,10-11H2. The third kappa shape index (κ3) is 4.06. The highest BCUT2D eigenvalue weighted by molar-refractivity contribution is 7.24. The van der Waals surface area contributed by atoms with Crippen molar-refractivity contribution >= 4 is 44.7 Å². The molecule has 8 heteroatoms. The lowest BCUT2D eigenvalue weighted by Gasteiger charge is -2.27. The lowest BCUT2D eigenvalue weighted by atomic mass is 10.1. The molecule has 0 spiro atoms. The normalized spacial score (nSPS) is 14.7. The van der Waals surface area contributed by atoms with Gasteiger partial charge >= 0.3 is 0 Å². The van der Waals surface area contributed by atoms with Gasteiger partial charge in [-0.1, -0.05) is 6.07 Å². The summed E-state index contributed by atoms with van der Waals surface area (Å²) in [6.45, 7) is 2.09. The summed E-state index contributed by atoms with van der Waals surface area (Å²) in [5.74, 6) is 0. The molecule has 138 valence electrons. The van der Waals surface area contributed by atoms with Crippen molar-refractivity contribution in [2.45, 2.75) is 19.3 Å². The van der Waals surface area contributed by atoms with E-state index in [0.717, 1.165) is 23.8 Å². The Labute approximate surface area is 165 Å². The number of piperidine rings is 1. The van der Waals surface area contributed by atoms with Crippen LogP contribution in [0, 0.1) is 10.1 Å². The minimum Gasteiger partial charge on any atom is -0.362 e. The number of anilines is 1. The summed E-state index contributed by atoms with van der Waals surface area (Å²) in [6.07, 6.45) is 3.68. The Balaban J connectivity index is 1.64. The third-order valence-electron chi connectivity index (χ3n) is 4.43. The number of benzene rings is 1. The molecule has 0 aliphatic carbocycles. The minimum absolute atomic E-state index is 0.0541. The lowest BCUT2D eigenvalue weighted by Crippen LogP contribution is -2.28. The zero-order valence-corrected chi connectivity index (χ0v) is 16.2. The molecule has 1 aliphatic heterocycles. The molecule has 0 atom stereocenters. The summed E-state index contributed by atoms with van der Waals surface area (Å²) in [5, 5.41) is 22.8. The van der Waals surface area contributed by atoms with Crippen molar-refractivity contribution in [2.75, 3.05) is 18.0 Å². The van der Waals surface area contributed by atoms with Gasteiger partial charge in [0, 0.05) is 35.0 Å². The number of rotatable bonds is 5. The molecule has 6 nitrogen and oxygen atoms in total. The molecular weight excluding hydrogens is 380 g/mol. The Morgan fingerprint density at radius 3 is 2.44 bits per heavy atom. The molecule has 1 aromatic carbocycles. The monoisotopic (exact) mass is 398 g/mol. The second-order valence-electron chi connectivity index (χ2n) is 6.30. The highest BCUT2D eigenvalue weighted by Gasteiger charge is 2.19. The van der Waals surface area contributed by atoms with Crippen molar-refractivity contribution in [3.63, 3.8) is 0 Å². The Hall–Kier alpha value is -2.58. The fourth-order valence-corrected chi connectivity index (χ4v) is 5.03. The first-order chi connectivity index (χ1) is 13.2. The summed E-state index contributed by atoms with van der Waals surface area (Å²) in [5.41, 5.74) is 1.52. The molecule has 27 heavy (non-hydrogen) atoms. The first-order valence-electron chi connectivity index (χ1n) is 8.79. The van der Waals surface area contributed by atoms with Crippen LogP contribution in [-0.2, 0) is 0 Å². The molecule has 3 aromatic rings. The maximum Gasteiger partial charge on any atom is 0.269 e. The van der Waals surface area contributed by atoms with Gasteiger partial charge in [-0.05, 0) is 48.9 Å². The number of azo groups is 1. The van der Waals surface area contributed by atoms with Crippen molar-refractivity contribution in [1.29, 1.82) is 0 Å². The summed E-state index contributed by atoms with van der Waals surface area (Å²) in [6, 6.07) is 12.4. The Bertz CT molecular complexity index is 943. The van der Waals surface area contributed by atoms with Crippen LogP contribution in [0.3, 0.4) is 0 Å². The Kier molecular flexibility index (Phi) is 5.26. The fraction of sp³-hybridized carbons (Fsp3) is 0.263. The SMILES string of the molecule is O=[N+]([O-])c1ccc(N=Nc2cc(-c3cccs3)sc2N2CCCCC2)cc1. The van der Waals surface area contributed by atoms with Crippen LogP contribution in [0.2, 0.25) is 0 Å². The largest absolute Gasteiger partial charge is 0.362 e. The van der Waals surface area contributed by atoms with Gasteiger partial charge in [-0.15, -0.1) is 27.8 Å². The van der Waals surface area contributed by atoms with Gasteiger partial charge in [0.25, 0.3) is 5.69 Å². The van der Waals surface area contributed by atoms with Gasteiger partial charge in [0.1, 0.15) is 10.7 Å². The second kappa shape index (κ2) is 7.98. The number of nitro benzene ring substituents is 1. The smallest absolute Gasteiger partial charge is 0.269 e. The van der Waals surface area contributed by atoms with Gasteiger partial charge < -0.3 is 4.90 Å². The summed E-state index contributed by atoms with van der Waals surface area (Å²) >= 11 is 3.48. The molecule has 0 bridgehead atoms. The van der Waals surface area contributed by atoms with E-state index < -0.39 is 4.92 Å². The predicted molar refractivity (Wildman–Crippen MR) is 111 cm³/mol. The van der Waals surface area contributed by atoms with Gasteiger partial charge in [-0.3, -0.25) is 10.1 Å². The topological polar surface area (TPSA) is 71.1 Å². The van der Waals surface area contributed by atoms with E-state index in [0.29, 0.717) is 5.69 Å². The van der Waals surface area contributed by atoms with E-state index in [2.05, 4.69) is 38.7 Å². The molecule has 0 N–H and O–H groups in total. The molecule has 0 saturated carbocycles. The molecule has 3 heterocycles. The molecule has 0 radical (unpaired) electrons. The van der Waals surface area contributed by atoms with E-state index in [1.165, 1.54) is 41.1 Å². The van der Waals surface area contributed by atoms with Crippen LogP contribution >= 0.6 is 22.7 Å². The first-order valence-corrected chi connectivity index (χ1v) is 10.5. The van der Waals surface area contributed by atoms with E-state index in [1.807, 2.05) is 0 Å². The highest BCUT2D eigenvalue weighted by Crippen LogP contribution is 2.45. The van der Waals surface area contributed by atoms with E-state index in [1.54, 1.807) is 34.8 Å². The second-order valence-corrected chi connectivity index (χ2v) is 8.28. The van der Waals surface area contributed by atoms with Crippen LogP contribution in [0.1, 0.15) is 19.3 Å². The average Bonchev–Trinajstić information content (AvgIpc) is 3.37. The average molecular weight is 399 g/mol. The number of non-ortho nitro benzene ring substituents is 1. The molecule has 0 unspecified atom stereocenters. The zero-order valence-electron chi connectivity index (χ0n) is 14.6. The molecule has 1 saturated heterocycles. The van der Waals surface area contributed by atoms with Crippen LogP contribution in [0.5, 0.6) is 0 Å². The number of nitro groups is 1. The van der Waals surface area contributed by atoms with E-state index in [-0.39, 0.29) is 5.69 Å². The Morgan fingerprint density at radius 2 is 1.78 bits per heavy atom. The van der Waals surface area contributed by atoms with E-state index in [9.17, 15) is 10.1 Å². The molecule has 2 aromatic heterocycles. The van der Waals surface area contributed by atoms with Crippen LogP contribution in [-0.4, -0.2) is 18.0 Å². The molecule has 1 aliphatic rings. The van der Waals surface area contributed by atoms with Crippen molar-refractivity contribution in [3.8, 4) is 9.75 Å². The summed E-state index contributed by atoms with van der Waals surface area (Å²) in [7, 11) is 0. The summed E-state index contributed by atoms with van der Waals surface area (Å²) < 4.78 is 0. The maximum atomic E-state index is 10.8. The maximum absolute atomic E-state index is 10.8. The number of hydrogen-bond donors (Lipinski definition) is 0. The molecule has 0 amide bonds. The molecule has 1 fully saturated rings. The fourth-order valence-electron chi connectivity index (χ4n) is 3.06. The van der Waals surface area contributed by atoms with Crippen LogP contribution in [0.15, 0.2) is 58.1 Å².